The molecule has 1 aromatic rings. The lowest BCUT2D eigenvalue weighted by molar-refractivity contribution is -0.153. The lowest BCUT2D eigenvalue weighted by Gasteiger charge is -2.24. The Balaban J connectivity index is 1.78. The average Bonchev–Trinajstić information content (AvgIpc) is 3.38. The quantitative estimate of drug-likeness (QED) is 0.200. The van der Waals surface area contributed by atoms with Crippen molar-refractivity contribution >= 4 is 11.9 Å². The van der Waals surface area contributed by atoms with E-state index in [-0.39, 0.29) is 36.0 Å². The Labute approximate surface area is 233 Å². The monoisotopic (exact) mass is 542 g/mol. The van der Waals surface area contributed by atoms with Gasteiger partial charge in [-0.1, -0.05) is 31.9 Å². The maximum Gasteiger partial charge on any atom is 0.302 e. The highest BCUT2D eigenvalue weighted by molar-refractivity contribution is 5.66. The van der Waals surface area contributed by atoms with Crippen molar-refractivity contribution in [2.45, 2.75) is 116 Å². The van der Waals surface area contributed by atoms with E-state index in [4.69, 9.17) is 19.9 Å². The molecule has 1 fully saturated rings. The zero-order chi connectivity index (χ0) is 28.2. The van der Waals surface area contributed by atoms with Crippen LogP contribution in [0.25, 0.3) is 0 Å². The zero-order valence-corrected chi connectivity index (χ0v) is 23.8. The van der Waals surface area contributed by atoms with Gasteiger partial charge in [-0.2, -0.15) is 0 Å². The number of carbonyl (C=O) groups excluding carboxylic acids is 2. The molecule has 1 aliphatic carbocycles. The first-order chi connectivity index (χ1) is 18.7. The van der Waals surface area contributed by atoms with Gasteiger partial charge in [0.15, 0.2) is 11.5 Å². The van der Waals surface area contributed by atoms with Crippen LogP contribution in [-0.4, -0.2) is 41.9 Å². The fourth-order valence-electron chi connectivity index (χ4n) is 5.40. The molecule has 0 saturated heterocycles. The van der Waals surface area contributed by atoms with Gasteiger partial charge in [-0.25, -0.2) is 0 Å². The minimum absolute atomic E-state index is 0.106. The van der Waals surface area contributed by atoms with E-state index >= 15 is 0 Å². The molecular formula is C31H46N2O6. The number of aromatic hydroxyl groups is 1. The van der Waals surface area contributed by atoms with Crippen molar-refractivity contribution in [1.82, 2.24) is 5.32 Å². The molecule has 2 aliphatic rings. The van der Waals surface area contributed by atoms with Crippen molar-refractivity contribution in [3.63, 3.8) is 0 Å². The number of hydrogen-bond acceptors (Lipinski definition) is 8. The number of carbonyl (C=O) groups is 2. The Morgan fingerprint density at radius 1 is 1.08 bits per heavy atom. The minimum Gasteiger partial charge on any atom is -0.504 e. The number of unbranched alkanes of at least 4 members (excludes halogenated alkanes) is 2. The summed E-state index contributed by atoms with van der Waals surface area (Å²) in [5.41, 5.74) is 8.76. The zero-order valence-electron chi connectivity index (χ0n) is 23.8. The molecule has 2 atom stereocenters. The van der Waals surface area contributed by atoms with Gasteiger partial charge in [0.25, 0.3) is 0 Å². The van der Waals surface area contributed by atoms with Crippen LogP contribution in [0.15, 0.2) is 35.7 Å². The lowest BCUT2D eigenvalue weighted by atomic mass is 9.95. The molecule has 216 valence electrons. The number of nitrogens with two attached hydrogens (primary N) is 1. The fourth-order valence-corrected chi connectivity index (χ4v) is 5.40. The summed E-state index contributed by atoms with van der Waals surface area (Å²) in [4.78, 5) is 23.6. The summed E-state index contributed by atoms with van der Waals surface area (Å²) in [6, 6.07) is 3.91. The van der Waals surface area contributed by atoms with Crippen molar-refractivity contribution in [3.8, 4) is 11.5 Å². The summed E-state index contributed by atoms with van der Waals surface area (Å²) in [5, 5.41) is 14.2. The summed E-state index contributed by atoms with van der Waals surface area (Å²) in [6.45, 7) is 5.60. The SMILES string of the molecule is CCCCCC(CC(CCc1cc(CC2=CCNC(N)=C2)c(O)c(OC2CCCC2)c1)OC(C)=O)OC(C)=O. The van der Waals surface area contributed by atoms with E-state index in [1.54, 1.807) is 0 Å². The molecule has 3 rings (SSSR count). The standard InChI is InChI=1S/C31H46N2O6/c1-4-5-6-11-27(37-21(2)34)20-28(38-22(3)35)13-12-23-16-25(17-24-14-15-33-30(32)19-24)31(36)29(18-23)39-26-9-7-8-10-26/h14,16,18-19,26-28,33,36H,4-13,15,17,20,32H2,1-3H3. The summed E-state index contributed by atoms with van der Waals surface area (Å²) < 4.78 is 17.5. The molecule has 4 N–H and O–H groups in total. The van der Waals surface area contributed by atoms with E-state index in [0.717, 1.165) is 68.1 Å². The van der Waals surface area contributed by atoms with Crippen LogP contribution in [0.1, 0.15) is 96.1 Å². The molecule has 0 amide bonds. The summed E-state index contributed by atoms with van der Waals surface area (Å²) in [7, 11) is 0. The smallest absolute Gasteiger partial charge is 0.302 e. The molecule has 8 heteroatoms. The number of rotatable bonds is 15. The van der Waals surface area contributed by atoms with Gasteiger partial charge in [0.1, 0.15) is 12.2 Å². The highest BCUT2D eigenvalue weighted by Gasteiger charge is 2.23. The Bertz CT molecular complexity index is 1030. The largest absolute Gasteiger partial charge is 0.504 e. The number of hydrogen-bond donors (Lipinski definition) is 3. The average molecular weight is 543 g/mol. The molecule has 1 saturated carbocycles. The Hall–Kier alpha value is -3.16. The molecule has 0 bridgehead atoms. The van der Waals surface area contributed by atoms with Crippen molar-refractivity contribution in [1.29, 1.82) is 0 Å². The number of phenols is 1. The van der Waals surface area contributed by atoms with Gasteiger partial charge in [0, 0.05) is 38.8 Å². The molecule has 0 radical (unpaired) electrons. The van der Waals surface area contributed by atoms with Crippen molar-refractivity contribution in [3.05, 3.63) is 46.8 Å². The van der Waals surface area contributed by atoms with Gasteiger partial charge in [-0.15, -0.1) is 0 Å². The van der Waals surface area contributed by atoms with E-state index in [2.05, 4.69) is 18.3 Å². The third-order valence-electron chi connectivity index (χ3n) is 7.29. The maximum absolute atomic E-state index is 11.9. The van der Waals surface area contributed by atoms with E-state index in [9.17, 15) is 14.7 Å². The Kier molecular flexibility index (Phi) is 12.0. The molecule has 2 unspecified atom stereocenters. The third kappa shape index (κ3) is 10.5. The number of aryl methyl sites for hydroxylation is 1. The molecule has 1 heterocycles. The van der Waals surface area contributed by atoms with Crippen LogP contribution < -0.4 is 15.8 Å². The van der Waals surface area contributed by atoms with Crippen LogP contribution >= 0.6 is 0 Å². The lowest BCUT2D eigenvalue weighted by Crippen LogP contribution is -2.27. The predicted molar refractivity (Wildman–Crippen MR) is 151 cm³/mol. The second-order valence-electron chi connectivity index (χ2n) is 10.8. The number of nitrogens with one attached hydrogen (secondary N) is 1. The van der Waals surface area contributed by atoms with Gasteiger partial charge in [0.05, 0.1) is 11.9 Å². The molecule has 1 aliphatic heterocycles. The second kappa shape index (κ2) is 15.4. The number of ether oxygens (including phenoxy) is 3. The number of allylic oxidation sites excluding steroid dienone is 2. The van der Waals surface area contributed by atoms with Crippen LogP contribution in [0.3, 0.4) is 0 Å². The van der Waals surface area contributed by atoms with Crippen molar-refractivity contribution in [2.75, 3.05) is 6.54 Å². The van der Waals surface area contributed by atoms with Crippen LogP contribution in [-0.2, 0) is 31.9 Å². The van der Waals surface area contributed by atoms with Crippen molar-refractivity contribution < 1.29 is 28.9 Å². The molecule has 1 aromatic carbocycles. The van der Waals surface area contributed by atoms with E-state index in [1.807, 2.05) is 18.2 Å². The molecule has 0 spiro atoms. The van der Waals surface area contributed by atoms with Crippen molar-refractivity contribution in [2.24, 2.45) is 5.73 Å². The second-order valence-corrected chi connectivity index (χ2v) is 10.8. The number of phenolic OH excluding ortho intramolecular Hbond substituents is 1. The van der Waals surface area contributed by atoms with Crippen LogP contribution in [0.2, 0.25) is 0 Å². The summed E-state index contributed by atoms with van der Waals surface area (Å²) >= 11 is 0. The number of benzene rings is 1. The highest BCUT2D eigenvalue weighted by atomic mass is 16.6. The van der Waals surface area contributed by atoms with Gasteiger partial charge in [-0.3, -0.25) is 9.59 Å². The fraction of sp³-hybridized carbons (Fsp3) is 0.613. The minimum atomic E-state index is -0.389. The normalized spacial score (nSPS) is 17.0. The Morgan fingerprint density at radius 3 is 2.41 bits per heavy atom. The van der Waals surface area contributed by atoms with E-state index < -0.39 is 0 Å². The highest BCUT2D eigenvalue weighted by Crippen LogP contribution is 2.37. The Morgan fingerprint density at radius 2 is 1.77 bits per heavy atom. The van der Waals surface area contributed by atoms with E-state index in [0.29, 0.717) is 43.8 Å². The summed E-state index contributed by atoms with van der Waals surface area (Å²) in [5.74, 6) is 0.601. The molecular weight excluding hydrogens is 496 g/mol. The topological polar surface area (TPSA) is 120 Å². The van der Waals surface area contributed by atoms with Gasteiger partial charge in [-0.05, 0) is 74.6 Å². The summed E-state index contributed by atoms with van der Waals surface area (Å²) in [6.07, 6.45) is 13.6. The first-order valence-corrected chi connectivity index (χ1v) is 14.5. The van der Waals surface area contributed by atoms with E-state index in [1.165, 1.54) is 13.8 Å². The molecule has 8 nitrogen and oxygen atoms in total. The van der Waals surface area contributed by atoms with Gasteiger partial charge < -0.3 is 30.4 Å². The van der Waals surface area contributed by atoms with Crippen LogP contribution in [0.5, 0.6) is 11.5 Å². The molecule has 39 heavy (non-hydrogen) atoms. The third-order valence-corrected chi connectivity index (χ3v) is 7.29. The first-order valence-electron chi connectivity index (χ1n) is 14.5. The van der Waals surface area contributed by atoms with Crippen LogP contribution in [0.4, 0.5) is 0 Å². The van der Waals surface area contributed by atoms with Gasteiger partial charge >= 0.3 is 11.9 Å². The first kappa shape index (κ1) is 30.4. The molecule has 0 aromatic heterocycles. The number of dihydropyridines is 1. The number of esters is 2. The van der Waals surface area contributed by atoms with Gasteiger partial charge in [0.2, 0.25) is 0 Å². The van der Waals surface area contributed by atoms with Crippen LogP contribution in [0, 0.1) is 0 Å². The maximum atomic E-state index is 11.9. The predicted octanol–water partition coefficient (Wildman–Crippen LogP) is 5.35.